The van der Waals surface area contributed by atoms with E-state index in [-0.39, 0.29) is 12.6 Å². The Morgan fingerprint density at radius 3 is 2.70 bits per heavy atom. The SMILES string of the molecule is COC(=O)c1ccc(C=CCNC(=O)OCc2ccccc2)s1. The molecule has 120 valence electrons. The van der Waals surface area contributed by atoms with Crippen LogP contribution in [0.1, 0.15) is 20.1 Å². The minimum absolute atomic E-state index is 0.240. The third-order valence-corrected chi connectivity index (χ3v) is 3.90. The molecule has 2 aromatic rings. The summed E-state index contributed by atoms with van der Waals surface area (Å²) in [7, 11) is 1.35. The van der Waals surface area contributed by atoms with Gasteiger partial charge in [-0.05, 0) is 23.8 Å². The van der Waals surface area contributed by atoms with Crippen LogP contribution in [0.15, 0.2) is 48.5 Å². The van der Waals surface area contributed by atoms with Gasteiger partial charge in [0.05, 0.1) is 7.11 Å². The molecule has 23 heavy (non-hydrogen) atoms. The van der Waals surface area contributed by atoms with Gasteiger partial charge < -0.3 is 14.8 Å². The molecule has 0 fully saturated rings. The average Bonchev–Trinajstić information content (AvgIpc) is 3.06. The van der Waals surface area contributed by atoms with Crippen LogP contribution in [-0.2, 0) is 16.1 Å². The predicted octanol–water partition coefficient (Wildman–Crippen LogP) is 3.47. The number of esters is 1. The van der Waals surface area contributed by atoms with Crippen molar-refractivity contribution in [3.63, 3.8) is 0 Å². The Bertz CT molecular complexity index is 679. The van der Waals surface area contributed by atoms with Gasteiger partial charge in [-0.1, -0.05) is 36.4 Å². The number of rotatable bonds is 6. The molecule has 1 aromatic heterocycles. The third-order valence-electron chi connectivity index (χ3n) is 2.87. The number of hydrogen-bond donors (Lipinski definition) is 1. The van der Waals surface area contributed by atoms with Crippen molar-refractivity contribution in [2.45, 2.75) is 6.61 Å². The average molecular weight is 331 g/mol. The lowest BCUT2D eigenvalue weighted by molar-refractivity contribution is 0.0606. The van der Waals surface area contributed by atoms with Crippen LogP contribution < -0.4 is 5.32 Å². The monoisotopic (exact) mass is 331 g/mol. The molecular formula is C17H17NO4S. The first-order chi connectivity index (χ1) is 11.2. The van der Waals surface area contributed by atoms with E-state index in [0.29, 0.717) is 11.4 Å². The number of carbonyl (C=O) groups excluding carboxylic acids is 2. The fraction of sp³-hybridized carbons (Fsp3) is 0.176. The molecule has 5 nitrogen and oxygen atoms in total. The lowest BCUT2D eigenvalue weighted by Crippen LogP contribution is -2.24. The van der Waals surface area contributed by atoms with Crippen LogP contribution in [0.5, 0.6) is 0 Å². The van der Waals surface area contributed by atoms with Gasteiger partial charge in [0.1, 0.15) is 11.5 Å². The molecule has 0 spiro atoms. The quantitative estimate of drug-likeness (QED) is 0.823. The number of hydrogen-bond acceptors (Lipinski definition) is 5. The summed E-state index contributed by atoms with van der Waals surface area (Å²) in [5.74, 6) is -0.350. The highest BCUT2D eigenvalue weighted by atomic mass is 32.1. The van der Waals surface area contributed by atoms with E-state index in [0.717, 1.165) is 10.4 Å². The van der Waals surface area contributed by atoms with E-state index in [1.807, 2.05) is 42.5 Å². The van der Waals surface area contributed by atoms with E-state index >= 15 is 0 Å². The zero-order valence-electron chi connectivity index (χ0n) is 12.7. The first-order valence-electron chi connectivity index (χ1n) is 6.98. The van der Waals surface area contributed by atoms with Crippen LogP contribution in [0, 0.1) is 0 Å². The lowest BCUT2D eigenvalue weighted by Gasteiger charge is -2.05. The van der Waals surface area contributed by atoms with Gasteiger partial charge in [0.2, 0.25) is 0 Å². The van der Waals surface area contributed by atoms with Gasteiger partial charge in [0.25, 0.3) is 0 Å². The first-order valence-corrected chi connectivity index (χ1v) is 7.80. The molecule has 0 bridgehead atoms. The summed E-state index contributed by atoms with van der Waals surface area (Å²) in [6.07, 6.45) is 3.14. The Morgan fingerprint density at radius 2 is 1.96 bits per heavy atom. The number of thiophene rings is 1. The highest BCUT2D eigenvalue weighted by Crippen LogP contribution is 2.18. The topological polar surface area (TPSA) is 64.6 Å². The van der Waals surface area contributed by atoms with Crippen LogP contribution in [-0.4, -0.2) is 25.7 Å². The number of amides is 1. The minimum atomic E-state index is -0.472. The van der Waals surface area contributed by atoms with Gasteiger partial charge >= 0.3 is 12.1 Å². The second-order valence-electron chi connectivity index (χ2n) is 4.54. The molecule has 1 N–H and O–H groups in total. The van der Waals surface area contributed by atoms with Crippen LogP contribution >= 0.6 is 11.3 Å². The lowest BCUT2D eigenvalue weighted by atomic mass is 10.2. The first kappa shape index (κ1) is 16.8. The fourth-order valence-electron chi connectivity index (χ4n) is 1.74. The van der Waals surface area contributed by atoms with Crippen LogP contribution in [0.2, 0.25) is 0 Å². The van der Waals surface area contributed by atoms with E-state index in [2.05, 4.69) is 10.1 Å². The molecule has 0 saturated carbocycles. The summed E-state index contributed by atoms with van der Waals surface area (Å²) >= 11 is 1.33. The van der Waals surface area contributed by atoms with Crippen molar-refractivity contribution in [1.82, 2.24) is 5.32 Å². The van der Waals surface area contributed by atoms with Gasteiger partial charge in [-0.2, -0.15) is 0 Å². The largest absolute Gasteiger partial charge is 0.465 e. The maximum absolute atomic E-state index is 11.5. The smallest absolute Gasteiger partial charge is 0.407 e. The van der Waals surface area contributed by atoms with Crippen molar-refractivity contribution in [3.05, 3.63) is 63.9 Å². The molecule has 1 aromatic carbocycles. The van der Waals surface area contributed by atoms with E-state index in [1.54, 1.807) is 12.1 Å². The minimum Gasteiger partial charge on any atom is -0.465 e. The molecule has 1 heterocycles. The molecular weight excluding hydrogens is 314 g/mol. The molecule has 0 saturated heterocycles. The van der Waals surface area contributed by atoms with Crippen LogP contribution in [0.4, 0.5) is 4.79 Å². The molecule has 0 aliphatic heterocycles. The molecule has 2 rings (SSSR count). The third kappa shape index (κ3) is 5.60. The molecule has 0 radical (unpaired) electrons. The molecule has 0 unspecified atom stereocenters. The second-order valence-corrected chi connectivity index (χ2v) is 5.65. The number of nitrogens with one attached hydrogen (secondary N) is 1. The van der Waals surface area contributed by atoms with Crippen LogP contribution in [0.25, 0.3) is 6.08 Å². The number of alkyl carbamates (subject to hydrolysis) is 1. The van der Waals surface area contributed by atoms with Gasteiger partial charge in [0.15, 0.2) is 0 Å². The van der Waals surface area contributed by atoms with Crippen molar-refractivity contribution in [1.29, 1.82) is 0 Å². The highest BCUT2D eigenvalue weighted by Gasteiger charge is 2.07. The van der Waals surface area contributed by atoms with Crippen molar-refractivity contribution in [2.24, 2.45) is 0 Å². The van der Waals surface area contributed by atoms with Crippen LogP contribution in [0.3, 0.4) is 0 Å². The summed E-state index contributed by atoms with van der Waals surface area (Å²) in [6.45, 7) is 0.586. The van der Waals surface area contributed by atoms with Gasteiger partial charge in [-0.3, -0.25) is 0 Å². The van der Waals surface area contributed by atoms with Crippen molar-refractivity contribution >= 4 is 29.5 Å². The zero-order chi connectivity index (χ0) is 16.5. The number of benzene rings is 1. The molecule has 0 aliphatic carbocycles. The predicted molar refractivity (Wildman–Crippen MR) is 89.3 cm³/mol. The van der Waals surface area contributed by atoms with Gasteiger partial charge in [-0.25, -0.2) is 9.59 Å². The number of carbonyl (C=O) groups is 2. The molecule has 1 amide bonds. The van der Waals surface area contributed by atoms with E-state index in [9.17, 15) is 9.59 Å². The maximum atomic E-state index is 11.5. The Kier molecular flexibility index (Phi) is 6.38. The Labute approximate surface area is 138 Å². The summed E-state index contributed by atoms with van der Waals surface area (Å²) < 4.78 is 9.73. The van der Waals surface area contributed by atoms with Crippen molar-refractivity contribution < 1.29 is 19.1 Å². The standard InChI is InChI=1S/C17H17NO4S/c1-21-16(19)15-10-9-14(23-15)8-5-11-18-17(20)22-12-13-6-3-2-4-7-13/h2-10H,11-12H2,1H3,(H,18,20). The molecule has 6 heteroatoms. The van der Waals surface area contributed by atoms with E-state index in [1.165, 1.54) is 18.4 Å². The second kappa shape index (κ2) is 8.75. The number of ether oxygens (including phenoxy) is 2. The van der Waals surface area contributed by atoms with E-state index < -0.39 is 6.09 Å². The van der Waals surface area contributed by atoms with Crippen molar-refractivity contribution in [2.75, 3.05) is 13.7 Å². The normalized spacial score (nSPS) is 10.5. The van der Waals surface area contributed by atoms with E-state index in [4.69, 9.17) is 4.74 Å². The highest BCUT2D eigenvalue weighted by molar-refractivity contribution is 7.14. The Hall–Kier alpha value is -2.60. The summed E-state index contributed by atoms with van der Waals surface area (Å²) in [4.78, 5) is 24.3. The van der Waals surface area contributed by atoms with Gasteiger partial charge in [0, 0.05) is 11.4 Å². The fourth-order valence-corrected chi connectivity index (χ4v) is 2.60. The Balaban J connectivity index is 1.70. The molecule has 0 aliphatic rings. The summed E-state index contributed by atoms with van der Waals surface area (Å²) in [5.41, 5.74) is 0.937. The zero-order valence-corrected chi connectivity index (χ0v) is 13.5. The Morgan fingerprint density at radius 1 is 1.17 bits per heavy atom. The summed E-state index contributed by atoms with van der Waals surface area (Å²) in [6, 6.07) is 13.0. The maximum Gasteiger partial charge on any atom is 0.407 e. The molecule has 0 atom stereocenters. The van der Waals surface area contributed by atoms with Gasteiger partial charge in [-0.15, -0.1) is 11.3 Å². The van der Waals surface area contributed by atoms with Crippen molar-refractivity contribution in [3.8, 4) is 0 Å². The number of methoxy groups -OCH3 is 1. The summed E-state index contributed by atoms with van der Waals surface area (Å²) in [5, 5.41) is 2.63.